The molecule has 1 aliphatic carbocycles. The van der Waals surface area contributed by atoms with Gasteiger partial charge in [-0.15, -0.1) is 0 Å². The fraction of sp³-hybridized carbons (Fsp3) is 0.312. The van der Waals surface area contributed by atoms with Crippen LogP contribution in [-0.2, 0) is 22.6 Å². The Kier molecular flexibility index (Phi) is 9.64. The Morgan fingerprint density at radius 3 is 2.22 bits per heavy atom. The molecular formula is C32H35FN2O2. The van der Waals surface area contributed by atoms with Crippen molar-refractivity contribution >= 4 is 11.8 Å². The zero-order chi connectivity index (χ0) is 25.9. The van der Waals surface area contributed by atoms with Crippen LogP contribution in [0.1, 0.15) is 61.3 Å². The molecule has 3 aromatic rings. The normalized spacial score (nSPS) is 13.9. The van der Waals surface area contributed by atoms with E-state index in [2.05, 4.69) is 11.4 Å². The number of aryl methyl sites for hydroxylation is 1. The first-order chi connectivity index (χ1) is 18.1. The molecule has 0 fully saturated rings. The molecular weight excluding hydrogens is 463 g/mol. The van der Waals surface area contributed by atoms with E-state index >= 15 is 0 Å². The van der Waals surface area contributed by atoms with E-state index in [0.29, 0.717) is 13.0 Å². The van der Waals surface area contributed by atoms with Crippen molar-refractivity contribution in [3.8, 4) is 0 Å². The first kappa shape index (κ1) is 26.3. The van der Waals surface area contributed by atoms with E-state index in [1.807, 2.05) is 60.7 Å². The Labute approximate surface area is 219 Å². The van der Waals surface area contributed by atoms with Crippen molar-refractivity contribution in [2.24, 2.45) is 0 Å². The standard InChI is InChI=1S/C32H35FN2O2/c33-29-19-16-27(17-20-29)24-35(30(36)21-18-25-10-4-1-5-11-25)31(28-14-8-3-9-15-28)32(37)34-23-22-26-12-6-2-7-13-26/h1,3-5,8-12,14-17,19-20,31H,2,6-7,13,18,21-24H2,(H,34,37)/t31-/m0/s1. The Morgan fingerprint density at radius 2 is 1.54 bits per heavy atom. The molecule has 37 heavy (non-hydrogen) atoms. The van der Waals surface area contributed by atoms with Crippen molar-refractivity contribution in [1.82, 2.24) is 10.2 Å². The predicted octanol–water partition coefficient (Wildman–Crippen LogP) is 6.54. The molecule has 4 rings (SSSR count). The maximum Gasteiger partial charge on any atom is 0.247 e. The van der Waals surface area contributed by atoms with Gasteiger partial charge in [0.05, 0.1) is 0 Å². The zero-order valence-electron chi connectivity index (χ0n) is 21.2. The first-order valence-corrected chi connectivity index (χ1v) is 13.2. The number of allylic oxidation sites excluding steroid dienone is 1. The highest BCUT2D eigenvalue weighted by atomic mass is 19.1. The van der Waals surface area contributed by atoms with Crippen LogP contribution in [-0.4, -0.2) is 23.3 Å². The SMILES string of the molecule is O=C(NCCC1=CCCCC1)[C@H](c1ccccc1)N(Cc1ccc(F)cc1)C(=O)CCc1ccccc1. The second kappa shape index (κ2) is 13.5. The molecule has 0 radical (unpaired) electrons. The summed E-state index contributed by atoms with van der Waals surface area (Å²) in [5.74, 6) is -0.648. The van der Waals surface area contributed by atoms with Crippen LogP contribution < -0.4 is 5.32 Å². The Bertz CT molecular complexity index is 1180. The first-order valence-electron chi connectivity index (χ1n) is 13.2. The fourth-order valence-electron chi connectivity index (χ4n) is 4.83. The van der Waals surface area contributed by atoms with Crippen LogP contribution in [0.3, 0.4) is 0 Å². The van der Waals surface area contributed by atoms with Crippen LogP contribution in [0.5, 0.6) is 0 Å². The Hall–Kier alpha value is -3.73. The van der Waals surface area contributed by atoms with Crippen LogP contribution >= 0.6 is 0 Å². The van der Waals surface area contributed by atoms with Crippen molar-refractivity contribution in [1.29, 1.82) is 0 Å². The van der Waals surface area contributed by atoms with Gasteiger partial charge in [0, 0.05) is 19.5 Å². The van der Waals surface area contributed by atoms with Gasteiger partial charge in [0.25, 0.3) is 0 Å². The molecule has 1 aliphatic rings. The molecule has 192 valence electrons. The summed E-state index contributed by atoms with van der Waals surface area (Å²) in [7, 11) is 0. The summed E-state index contributed by atoms with van der Waals surface area (Å²) in [5, 5.41) is 3.10. The molecule has 1 atom stereocenters. The molecule has 0 heterocycles. The second-order valence-electron chi connectivity index (χ2n) is 9.60. The van der Waals surface area contributed by atoms with Gasteiger partial charge in [-0.1, -0.05) is 84.4 Å². The lowest BCUT2D eigenvalue weighted by molar-refractivity contribution is -0.141. The van der Waals surface area contributed by atoms with E-state index in [4.69, 9.17) is 0 Å². The summed E-state index contributed by atoms with van der Waals surface area (Å²) in [6, 6.07) is 24.6. The number of hydrogen-bond acceptors (Lipinski definition) is 2. The number of carbonyl (C=O) groups excluding carboxylic acids is 2. The lowest BCUT2D eigenvalue weighted by atomic mass is 9.97. The Balaban J connectivity index is 1.56. The van der Waals surface area contributed by atoms with Gasteiger partial charge in [0.1, 0.15) is 11.9 Å². The number of hydrogen-bond donors (Lipinski definition) is 1. The minimum Gasteiger partial charge on any atom is -0.354 e. The molecule has 0 aliphatic heterocycles. The number of rotatable bonds is 11. The smallest absolute Gasteiger partial charge is 0.247 e. The van der Waals surface area contributed by atoms with Crippen molar-refractivity contribution in [3.05, 3.63) is 119 Å². The van der Waals surface area contributed by atoms with Crippen molar-refractivity contribution < 1.29 is 14.0 Å². The number of amides is 2. The molecule has 0 saturated heterocycles. The maximum absolute atomic E-state index is 13.7. The third-order valence-electron chi connectivity index (χ3n) is 6.86. The van der Waals surface area contributed by atoms with Crippen molar-refractivity contribution in [2.75, 3.05) is 6.54 Å². The lowest BCUT2D eigenvalue weighted by Gasteiger charge is -2.32. The van der Waals surface area contributed by atoms with E-state index in [1.54, 1.807) is 17.0 Å². The Morgan fingerprint density at radius 1 is 0.838 bits per heavy atom. The highest BCUT2D eigenvalue weighted by molar-refractivity contribution is 5.88. The van der Waals surface area contributed by atoms with E-state index in [0.717, 1.165) is 36.0 Å². The average Bonchev–Trinajstić information content (AvgIpc) is 2.94. The summed E-state index contributed by atoms with van der Waals surface area (Å²) in [6.07, 6.45) is 8.60. The molecule has 5 heteroatoms. The number of nitrogens with zero attached hydrogens (tertiary/aromatic N) is 1. The third kappa shape index (κ3) is 7.88. The topological polar surface area (TPSA) is 49.4 Å². The molecule has 0 bridgehead atoms. The largest absolute Gasteiger partial charge is 0.354 e. The summed E-state index contributed by atoms with van der Waals surface area (Å²) in [6.45, 7) is 0.753. The van der Waals surface area contributed by atoms with Crippen molar-refractivity contribution in [3.63, 3.8) is 0 Å². The van der Waals surface area contributed by atoms with E-state index in [9.17, 15) is 14.0 Å². The lowest BCUT2D eigenvalue weighted by Crippen LogP contribution is -2.43. The van der Waals surface area contributed by atoms with Crippen LogP contribution in [0.2, 0.25) is 0 Å². The van der Waals surface area contributed by atoms with Gasteiger partial charge >= 0.3 is 0 Å². The molecule has 1 N–H and O–H groups in total. The predicted molar refractivity (Wildman–Crippen MR) is 145 cm³/mol. The molecule has 0 aromatic heterocycles. The van der Waals surface area contributed by atoms with Crippen LogP contribution in [0.4, 0.5) is 4.39 Å². The quantitative estimate of drug-likeness (QED) is 0.305. The summed E-state index contributed by atoms with van der Waals surface area (Å²) in [5.41, 5.74) is 3.99. The molecule has 2 amide bonds. The van der Waals surface area contributed by atoms with E-state index < -0.39 is 6.04 Å². The highest BCUT2D eigenvalue weighted by Gasteiger charge is 2.31. The number of halogens is 1. The molecule has 0 saturated carbocycles. The molecule has 0 unspecified atom stereocenters. The van der Waals surface area contributed by atoms with Gasteiger partial charge in [-0.2, -0.15) is 0 Å². The molecule has 4 nitrogen and oxygen atoms in total. The van der Waals surface area contributed by atoms with Gasteiger partial charge in [0.15, 0.2) is 0 Å². The average molecular weight is 499 g/mol. The van der Waals surface area contributed by atoms with Gasteiger partial charge in [-0.25, -0.2) is 4.39 Å². The third-order valence-corrected chi connectivity index (χ3v) is 6.86. The van der Waals surface area contributed by atoms with Gasteiger partial charge in [-0.3, -0.25) is 9.59 Å². The van der Waals surface area contributed by atoms with Gasteiger partial charge < -0.3 is 10.2 Å². The number of nitrogens with one attached hydrogen (secondary N) is 1. The van der Waals surface area contributed by atoms with Gasteiger partial charge in [-0.05, 0) is 67.3 Å². The number of benzene rings is 3. The molecule has 0 spiro atoms. The summed E-state index contributed by atoms with van der Waals surface area (Å²) in [4.78, 5) is 29.0. The van der Waals surface area contributed by atoms with E-state index in [1.165, 1.54) is 30.5 Å². The maximum atomic E-state index is 13.7. The minimum absolute atomic E-state index is 0.118. The van der Waals surface area contributed by atoms with Gasteiger partial charge in [0.2, 0.25) is 11.8 Å². The van der Waals surface area contributed by atoms with E-state index in [-0.39, 0.29) is 30.6 Å². The zero-order valence-corrected chi connectivity index (χ0v) is 21.2. The summed E-state index contributed by atoms with van der Waals surface area (Å²) >= 11 is 0. The van der Waals surface area contributed by atoms with Crippen LogP contribution in [0.25, 0.3) is 0 Å². The number of carbonyl (C=O) groups is 2. The van der Waals surface area contributed by atoms with Crippen LogP contribution in [0, 0.1) is 5.82 Å². The highest BCUT2D eigenvalue weighted by Crippen LogP contribution is 2.26. The molecule has 3 aromatic carbocycles. The fourth-order valence-corrected chi connectivity index (χ4v) is 4.83. The van der Waals surface area contributed by atoms with Crippen LogP contribution in [0.15, 0.2) is 96.6 Å². The monoisotopic (exact) mass is 498 g/mol. The second-order valence-corrected chi connectivity index (χ2v) is 9.60. The summed E-state index contributed by atoms with van der Waals surface area (Å²) < 4.78 is 13.6. The van der Waals surface area contributed by atoms with Crippen molar-refractivity contribution in [2.45, 2.75) is 57.5 Å². The minimum atomic E-state index is -0.783.